The molecule has 1 fully saturated rings. The van der Waals surface area contributed by atoms with E-state index in [2.05, 4.69) is 66.0 Å². The van der Waals surface area contributed by atoms with Crippen LogP contribution in [0.4, 0.5) is 11.6 Å². The Hall–Kier alpha value is -1.66. The van der Waals surface area contributed by atoms with E-state index in [1.807, 2.05) is 19.0 Å². The van der Waals surface area contributed by atoms with Crippen LogP contribution in [0.15, 0.2) is 41.1 Å². The SMILES string of the molecule is CN(C)c1cc(N2CCN(Cc3ccc(Br)cc3)CC2)ncn1. The van der Waals surface area contributed by atoms with E-state index >= 15 is 0 Å². The molecular weight excluding hydrogens is 354 g/mol. The highest BCUT2D eigenvalue weighted by molar-refractivity contribution is 9.10. The summed E-state index contributed by atoms with van der Waals surface area (Å²) < 4.78 is 1.13. The second kappa shape index (κ2) is 7.27. The van der Waals surface area contributed by atoms with Crippen molar-refractivity contribution < 1.29 is 0 Å². The molecule has 1 aromatic heterocycles. The molecule has 1 saturated heterocycles. The van der Waals surface area contributed by atoms with Gasteiger partial charge in [-0.2, -0.15) is 0 Å². The van der Waals surface area contributed by atoms with Gasteiger partial charge in [-0.05, 0) is 17.7 Å². The van der Waals surface area contributed by atoms with Gasteiger partial charge in [-0.15, -0.1) is 0 Å². The summed E-state index contributed by atoms with van der Waals surface area (Å²) in [6.07, 6.45) is 1.65. The lowest BCUT2D eigenvalue weighted by Crippen LogP contribution is -2.46. The summed E-state index contributed by atoms with van der Waals surface area (Å²) in [4.78, 5) is 15.6. The second-order valence-corrected chi connectivity index (χ2v) is 6.93. The molecule has 3 rings (SSSR count). The number of anilines is 2. The first-order valence-electron chi connectivity index (χ1n) is 7.83. The average Bonchev–Trinajstić information content (AvgIpc) is 2.58. The molecule has 1 aliphatic heterocycles. The van der Waals surface area contributed by atoms with Crippen molar-refractivity contribution >= 4 is 27.6 Å². The van der Waals surface area contributed by atoms with Crippen molar-refractivity contribution in [3.63, 3.8) is 0 Å². The van der Waals surface area contributed by atoms with E-state index in [4.69, 9.17) is 0 Å². The molecule has 2 heterocycles. The third kappa shape index (κ3) is 4.20. The Morgan fingerprint density at radius 1 is 1.04 bits per heavy atom. The number of hydrogen-bond acceptors (Lipinski definition) is 5. The van der Waals surface area contributed by atoms with Crippen LogP contribution in [-0.4, -0.2) is 55.1 Å². The van der Waals surface area contributed by atoms with Crippen molar-refractivity contribution in [1.29, 1.82) is 0 Å². The van der Waals surface area contributed by atoms with Crippen molar-refractivity contribution in [2.24, 2.45) is 0 Å². The zero-order chi connectivity index (χ0) is 16.2. The van der Waals surface area contributed by atoms with E-state index in [9.17, 15) is 0 Å². The second-order valence-electron chi connectivity index (χ2n) is 6.02. The van der Waals surface area contributed by atoms with Gasteiger partial charge in [-0.1, -0.05) is 28.1 Å². The molecule has 6 heteroatoms. The molecule has 1 aliphatic rings. The maximum Gasteiger partial charge on any atom is 0.134 e. The molecule has 0 unspecified atom stereocenters. The summed E-state index contributed by atoms with van der Waals surface area (Å²) in [7, 11) is 4.00. The first-order valence-corrected chi connectivity index (χ1v) is 8.62. The molecule has 0 N–H and O–H groups in total. The Kier molecular flexibility index (Phi) is 5.13. The van der Waals surface area contributed by atoms with Crippen LogP contribution in [0.2, 0.25) is 0 Å². The summed E-state index contributed by atoms with van der Waals surface area (Å²) in [5.41, 5.74) is 1.36. The largest absolute Gasteiger partial charge is 0.363 e. The molecule has 0 radical (unpaired) electrons. The minimum Gasteiger partial charge on any atom is -0.363 e. The minimum absolute atomic E-state index is 0.951. The summed E-state index contributed by atoms with van der Waals surface area (Å²) >= 11 is 3.48. The Morgan fingerprint density at radius 2 is 1.74 bits per heavy atom. The quantitative estimate of drug-likeness (QED) is 0.820. The highest BCUT2D eigenvalue weighted by Crippen LogP contribution is 2.19. The van der Waals surface area contributed by atoms with Gasteiger partial charge in [0.15, 0.2) is 0 Å². The Labute approximate surface area is 146 Å². The van der Waals surface area contributed by atoms with E-state index in [1.165, 1.54) is 5.56 Å². The van der Waals surface area contributed by atoms with Crippen molar-refractivity contribution in [1.82, 2.24) is 14.9 Å². The topological polar surface area (TPSA) is 35.5 Å². The molecule has 122 valence electrons. The highest BCUT2D eigenvalue weighted by atomic mass is 79.9. The standard InChI is InChI=1S/C17H22BrN5/c1-21(2)16-11-17(20-13-19-16)23-9-7-22(8-10-23)12-14-3-5-15(18)6-4-14/h3-6,11,13H,7-10,12H2,1-2H3. The molecule has 5 nitrogen and oxygen atoms in total. The van der Waals surface area contributed by atoms with Crippen molar-refractivity contribution in [3.8, 4) is 0 Å². The molecule has 0 saturated carbocycles. The monoisotopic (exact) mass is 375 g/mol. The smallest absolute Gasteiger partial charge is 0.134 e. The van der Waals surface area contributed by atoms with Gasteiger partial charge in [0, 0.05) is 57.4 Å². The molecule has 23 heavy (non-hydrogen) atoms. The van der Waals surface area contributed by atoms with Crippen LogP contribution in [0.1, 0.15) is 5.56 Å². The molecular formula is C17H22BrN5. The summed E-state index contributed by atoms with van der Waals surface area (Å²) in [6.45, 7) is 5.11. The Bertz CT molecular complexity index is 636. The lowest BCUT2D eigenvalue weighted by molar-refractivity contribution is 0.249. The van der Waals surface area contributed by atoms with E-state index in [0.717, 1.165) is 48.8 Å². The zero-order valence-electron chi connectivity index (χ0n) is 13.6. The van der Waals surface area contributed by atoms with Gasteiger partial charge in [0.25, 0.3) is 0 Å². The lowest BCUT2D eigenvalue weighted by Gasteiger charge is -2.35. The minimum atomic E-state index is 0.951. The van der Waals surface area contributed by atoms with E-state index in [1.54, 1.807) is 6.33 Å². The first-order chi connectivity index (χ1) is 11.1. The van der Waals surface area contributed by atoms with Gasteiger partial charge >= 0.3 is 0 Å². The first kappa shape index (κ1) is 16.2. The van der Waals surface area contributed by atoms with E-state index < -0.39 is 0 Å². The Balaban J connectivity index is 1.58. The maximum absolute atomic E-state index is 4.43. The Morgan fingerprint density at radius 3 is 2.39 bits per heavy atom. The van der Waals surface area contributed by atoms with E-state index in [0.29, 0.717) is 0 Å². The number of piperazine rings is 1. The van der Waals surface area contributed by atoms with Crippen LogP contribution < -0.4 is 9.80 Å². The lowest BCUT2D eigenvalue weighted by atomic mass is 10.2. The van der Waals surface area contributed by atoms with E-state index in [-0.39, 0.29) is 0 Å². The van der Waals surface area contributed by atoms with Gasteiger partial charge < -0.3 is 9.80 Å². The van der Waals surface area contributed by atoms with Crippen LogP contribution in [-0.2, 0) is 6.54 Å². The van der Waals surface area contributed by atoms with Crippen LogP contribution in [0, 0.1) is 0 Å². The normalized spacial score (nSPS) is 15.7. The van der Waals surface area contributed by atoms with Gasteiger partial charge in [0.05, 0.1) is 0 Å². The van der Waals surface area contributed by atoms with Crippen LogP contribution in [0.3, 0.4) is 0 Å². The number of benzene rings is 1. The highest BCUT2D eigenvalue weighted by Gasteiger charge is 2.18. The fourth-order valence-corrected chi connectivity index (χ4v) is 3.00. The summed E-state index contributed by atoms with van der Waals surface area (Å²) in [5, 5.41) is 0. The van der Waals surface area contributed by atoms with Gasteiger partial charge in [-0.25, -0.2) is 9.97 Å². The van der Waals surface area contributed by atoms with Gasteiger partial charge in [0.2, 0.25) is 0 Å². The van der Waals surface area contributed by atoms with Crippen LogP contribution in [0.25, 0.3) is 0 Å². The molecule has 0 aliphatic carbocycles. The van der Waals surface area contributed by atoms with Crippen molar-refractivity contribution in [2.45, 2.75) is 6.54 Å². The third-order valence-corrected chi connectivity index (χ3v) is 4.64. The van der Waals surface area contributed by atoms with Crippen molar-refractivity contribution in [3.05, 3.63) is 46.7 Å². The van der Waals surface area contributed by atoms with Crippen LogP contribution >= 0.6 is 15.9 Å². The number of rotatable bonds is 4. The number of hydrogen-bond donors (Lipinski definition) is 0. The molecule has 0 atom stereocenters. The predicted octanol–water partition coefficient (Wildman–Crippen LogP) is 2.63. The molecule has 0 spiro atoms. The fourth-order valence-electron chi connectivity index (χ4n) is 2.74. The molecule has 0 bridgehead atoms. The maximum atomic E-state index is 4.43. The third-order valence-electron chi connectivity index (χ3n) is 4.11. The fraction of sp³-hybridized carbons (Fsp3) is 0.412. The number of halogens is 1. The van der Waals surface area contributed by atoms with Crippen LogP contribution in [0.5, 0.6) is 0 Å². The number of nitrogens with zero attached hydrogens (tertiary/aromatic N) is 5. The summed E-state index contributed by atoms with van der Waals surface area (Å²) in [6, 6.07) is 10.6. The molecule has 0 amide bonds. The molecule has 1 aromatic carbocycles. The average molecular weight is 376 g/mol. The predicted molar refractivity (Wildman–Crippen MR) is 98.0 cm³/mol. The molecule has 2 aromatic rings. The zero-order valence-corrected chi connectivity index (χ0v) is 15.2. The van der Waals surface area contributed by atoms with Crippen molar-refractivity contribution in [2.75, 3.05) is 50.1 Å². The van der Waals surface area contributed by atoms with Gasteiger partial charge in [-0.3, -0.25) is 4.90 Å². The summed E-state index contributed by atoms with van der Waals surface area (Å²) in [5.74, 6) is 1.97. The van der Waals surface area contributed by atoms with Gasteiger partial charge in [0.1, 0.15) is 18.0 Å². The number of aromatic nitrogens is 2.